The Morgan fingerprint density at radius 1 is 1.42 bits per heavy atom. The first-order chi connectivity index (χ1) is 8.79. The van der Waals surface area contributed by atoms with Crippen LogP contribution in [-0.4, -0.2) is 32.8 Å². The number of sulfonamides is 1. The molecule has 8 heteroatoms. The Morgan fingerprint density at radius 2 is 2.11 bits per heavy atom. The van der Waals surface area contributed by atoms with Gasteiger partial charge in [0.2, 0.25) is 10.0 Å². The normalized spacial score (nSPS) is 11.3. The molecule has 4 N–H and O–H groups in total. The van der Waals surface area contributed by atoms with Crippen molar-refractivity contribution in [3.63, 3.8) is 0 Å². The number of hydrogen-bond acceptors (Lipinski definition) is 4. The number of rotatable bonds is 7. The molecule has 0 amide bonds. The average molecular weight is 366 g/mol. The van der Waals surface area contributed by atoms with Crippen molar-refractivity contribution < 1.29 is 8.42 Å². The van der Waals surface area contributed by atoms with Gasteiger partial charge in [-0.3, -0.25) is 0 Å². The second-order valence-corrected chi connectivity index (χ2v) is 7.13. The van der Waals surface area contributed by atoms with E-state index in [1.807, 2.05) is 18.2 Å². The van der Waals surface area contributed by atoms with E-state index in [-0.39, 0.29) is 0 Å². The van der Waals surface area contributed by atoms with Gasteiger partial charge in [0.1, 0.15) is 4.99 Å². The van der Waals surface area contributed by atoms with E-state index < -0.39 is 10.0 Å². The second kappa shape index (κ2) is 7.18. The van der Waals surface area contributed by atoms with Gasteiger partial charge in [-0.05, 0) is 40.5 Å². The van der Waals surface area contributed by atoms with E-state index in [2.05, 4.69) is 26.0 Å². The summed E-state index contributed by atoms with van der Waals surface area (Å²) >= 11 is 8.32. The molecule has 0 radical (unpaired) electrons. The third-order valence-corrected chi connectivity index (χ3v) is 3.91. The average Bonchev–Trinajstić information content (AvgIpc) is 2.28. The van der Waals surface area contributed by atoms with Crippen LogP contribution in [0.1, 0.15) is 12.0 Å². The SMILES string of the molecule is CS(=O)(=O)NCCCNc1ccc(C(N)=S)cc1Br. The fraction of sp³-hybridized carbons (Fsp3) is 0.364. The lowest BCUT2D eigenvalue weighted by molar-refractivity contribution is 0.586. The van der Waals surface area contributed by atoms with Gasteiger partial charge in [0.05, 0.1) is 6.26 Å². The van der Waals surface area contributed by atoms with Gasteiger partial charge in [0.25, 0.3) is 0 Å². The van der Waals surface area contributed by atoms with E-state index in [0.717, 1.165) is 22.0 Å². The summed E-state index contributed by atoms with van der Waals surface area (Å²) in [5, 5.41) is 3.20. The zero-order valence-corrected chi connectivity index (χ0v) is 13.7. The monoisotopic (exact) mass is 365 g/mol. The van der Waals surface area contributed by atoms with Crippen molar-refractivity contribution in [2.45, 2.75) is 6.42 Å². The van der Waals surface area contributed by atoms with Gasteiger partial charge in [-0.15, -0.1) is 0 Å². The lowest BCUT2D eigenvalue weighted by atomic mass is 10.2. The molecule has 1 rings (SSSR count). The molecule has 0 aliphatic heterocycles. The lowest BCUT2D eigenvalue weighted by Gasteiger charge is -2.10. The van der Waals surface area contributed by atoms with E-state index >= 15 is 0 Å². The van der Waals surface area contributed by atoms with E-state index in [1.165, 1.54) is 0 Å². The minimum atomic E-state index is -3.11. The number of nitrogens with one attached hydrogen (secondary N) is 2. The third-order valence-electron chi connectivity index (χ3n) is 2.29. The Bertz CT molecular complexity index is 561. The molecule has 0 atom stereocenters. The van der Waals surface area contributed by atoms with E-state index in [0.29, 0.717) is 24.5 Å². The molecule has 5 nitrogen and oxygen atoms in total. The minimum absolute atomic E-state index is 0.351. The molecule has 0 heterocycles. The maximum atomic E-state index is 10.9. The highest BCUT2D eigenvalue weighted by atomic mass is 79.9. The van der Waals surface area contributed by atoms with E-state index in [9.17, 15) is 8.42 Å². The number of nitrogens with two attached hydrogens (primary N) is 1. The third kappa shape index (κ3) is 6.33. The molecule has 0 bridgehead atoms. The summed E-state index contributed by atoms with van der Waals surface area (Å²) in [5.41, 5.74) is 7.25. The quantitative estimate of drug-likeness (QED) is 0.502. The molecule has 0 aliphatic carbocycles. The molecule has 0 unspecified atom stereocenters. The Labute approximate surface area is 127 Å². The zero-order valence-electron chi connectivity index (χ0n) is 10.4. The Kier molecular flexibility index (Phi) is 6.18. The molecule has 0 fully saturated rings. The summed E-state index contributed by atoms with van der Waals surface area (Å²) in [6.45, 7) is 1.07. The Hall–Kier alpha value is -0.700. The zero-order chi connectivity index (χ0) is 14.5. The molecular formula is C11H16BrN3O2S2. The van der Waals surface area contributed by atoms with Gasteiger partial charge in [0, 0.05) is 28.8 Å². The Balaban J connectivity index is 2.44. The molecule has 0 saturated heterocycles. The summed E-state index contributed by atoms with van der Waals surface area (Å²) in [6, 6.07) is 5.56. The molecule has 19 heavy (non-hydrogen) atoms. The van der Waals surface area contributed by atoms with Crippen LogP contribution in [0.5, 0.6) is 0 Å². The van der Waals surface area contributed by atoms with Crippen LogP contribution in [-0.2, 0) is 10.0 Å². The largest absolute Gasteiger partial charge is 0.389 e. The molecule has 0 saturated carbocycles. The summed E-state index contributed by atoms with van der Waals surface area (Å²) in [5.74, 6) is 0. The van der Waals surface area contributed by atoms with Crippen molar-refractivity contribution >= 4 is 48.8 Å². The predicted octanol–water partition coefficient (Wildman–Crippen LogP) is 1.43. The summed E-state index contributed by atoms with van der Waals surface area (Å²) in [4.78, 5) is 0.351. The number of halogens is 1. The first kappa shape index (κ1) is 16.4. The number of thiocarbonyl (C=S) groups is 1. The highest BCUT2D eigenvalue weighted by Gasteiger charge is 2.03. The molecule has 0 aliphatic rings. The molecule has 1 aromatic rings. The maximum absolute atomic E-state index is 10.9. The number of anilines is 1. The summed E-state index contributed by atoms with van der Waals surface area (Å²) in [6.07, 6.45) is 1.84. The second-order valence-electron chi connectivity index (χ2n) is 4.01. The molecular weight excluding hydrogens is 350 g/mol. The van der Waals surface area contributed by atoms with Gasteiger partial charge in [-0.25, -0.2) is 13.1 Å². The van der Waals surface area contributed by atoms with E-state index in [4.69, 9.17) is 18.0 Å². The smallest absolute Gasteiger partial charge is 0.208 e. The summed E-state index contributed by atoms with van der Waals surface area (Å²) < 4.78 is 25.0. The minimum Gasteiger partial charge on any atom is -0.389 e. The highest BCUT2D eigenvalue weighted by Crippen LogP contribution is 2.23. The number of benzene rings is 1. The Morgan fingerprint density at radius 3 is 2.63 bits per heavy atom. The first-order valence-corrected chi connectivity index (χ1v) is 8.67. The highest BCUT2D eigenvalue weighted by molar-refractivity contribution is 9.10. The van der Waals surface area contributed by atoms with Crippen LogP contribution in [0, 0.1) is 0 Å². The molecule has 0 spiro atoms. The number of hydrogen-bond donors (Lipinski definition) is 3. The molecule has 1 aromatic carbocycles. The van der Waals surface area contributed by atoms with Crippen LogP contribution < -0.4 is 15.8 Å². The van der Waals surface area contributed by atoms with Gasteiger partial charge in [-0.2, -0.15) is 0 Å². The van der Waals surface area contributed by atoms with Crippen LogP contribution in [0.2, 0.25) is 0 Å². The van der Waals surface area contributed by atoms with Crippen LogP contribution in [0.25, 0.3) is 0 Å². The standard InChI is InChI=1S/C11H16BrN3O2S2/c1-19(16,17)15-6-2-5-14-10-4-3-8(11(13)18)7-9(10)12/h3-4,7,14-15H,2,5-6H2,1H3,(H2,13,18). The van der Waals surface area contributed by atoms with Crippen molar-refractivity contribution in [1.29, 1.82) is 0 Å². The predicted molar refractivity (Wildman–Crippen MR) is 86.0 cm³/mol. The topological polar surface area (TPSA) is 84.2 Å². The van der Waals surface area contributed by atoms with Crippen molar-refractivity contribution in [2.24, 2.45) is 5.73 Å². The van der Waals surface area contributed by atoms with Crippen molar-refractivity contribution in [2.75, 3.05) is 24.7 Å². The van der Waals surface area contributed by atoms with Crippen LogP contribution in [0.3, 0.4) is 0 Å². The van der Waals surface area contributed by atoms with Gasteiger partial charge >= 0.3 is 0 Å². The lowest BCUT2D eigenvalue weighted by Crippen LogP contribution is -2.24. The fourth-order valence-corrected chi connectivity index (χ4v) is 2.54. The van der Waals surface area contributed by atoms with Gasteiger partial charge < -0.3 is 11.1 Å². The van der Waals surface area contributed by atoms with Crippen LogP contribution >= 0.6 is 28.1 Å². The van der Waals surface area contributed by atoms with Crippen molar-refractivity contribution in [3.05, 3.63) is 28.2 Å². The summed E-state index contributed by atoms with van der Waals surface area (Å²) in [7, 11) is -3.11. The van der Waals surface area contributed by atoms with Crippen LogP contribution in [0.15, 0.2) is 22.7 Å². The van der Waals surface area contributed by atoms with Crippen LogP contribution in [0.4, 0.5) is 5.69 Å². The maximum Gasteiger partial charge on any atom is 0.208 e. The van der Waals surface area contributed by atoms with Gasteiger partial charge in [-0.1, -0.05) is 12.2 Å². The van der Waals surface area contributed by atoms with Crippen molar-refractivity contribution in [3.8, 4) is 0 Å². The van der Waals surface area contributed by atoms with Gasteiger partial charge in [0.15, 0.2) is 0 Å². The van der Waals surface area contributed by atoms with Crippen molar-refractivity contribution in [1.82, 2.24) is 4.72 Å². The molecule has 106 valence electrons. The van der Waals surface area contributed by atoms with E-state index in [1.54, 1.807) is 0 Å². The fourth-order valence-electron chi connectivity index (χ4n) is 1.38. The molecule has 0 aromatic heterocycles. The first-order valence-electron chi connectivity index (χ1n) is 5.57.